The molecule has 1 heterocycles. The van der Waals surface area contributed by atoms with Gasteiger partial charge in [0, 0.05) is 34.8 Å². The molecule has 1 aromatic carbocycles. The number of carbonyl (C=O) groups excluding carboxylic acids is 2. The van der Waals surface area contributed by atoms with E-state index in [1.807, 2.05) is 13.8 Å². The lowest BCUT2D eigenvalue weighted by atomic mass is 10.0. The van der Waals surface area contributed by atoms with Crippen molar-refractivity contribution in [3.8, 4) is 5.75 Å². The van der Waals surface area contributed by atoms with Gasteiger partial charge in [-0.15, -0.1) is 0 Å². The van der Waals surface area contributed by atoms with Crippen molar-refractivity contribution in [2.24, 2.45) is 5.92 Å². The maximum Gasteiger partial charge on any atom is 0.272 e. The number of rotatable bonds is 9. The van der Waals surface area contributed by atoms with Crippen LogP contribution in [0.4, 0.5) is 8.78 Å². The largest absolute Gasteiger partial charge is 0.488 e. The van der Waals surface area contributed by atoms with Crippen molar-refractivity contribution in [2.75, 3.05) is 6.61 Å². The average molecular weight is 425 g/mol. The summed E-state index contributed by atoms with van der Waals surface area (Å²) in [6.45, 7) is 4.66. The molecule has 0 bridgehead atoms. The maximum absolute atomic E-state index is 12.6. The Balaban J connectivity index is 2.06. The molecule has 0 radical (unpaired) electrons. The molecule has 2 rings (SSSR count). The number of hydrogen-bond acceptors (Lipinski definition) is 4. The summed E-state index contributed by atoms with van der Waals surface area (Å²) in [7, 11) is 0. The number of benzene rings is 1. The summed E-state index contributed by atoms with van der Waals surface area (Å²) in [6.07, 6.45) is -0.919. The summed E-state index contributed by atoms with van der Waals surface area (Å²) < 4.78 is 29.4. The highest BCUT2D eigenvalue weighted by atomic mass is 35.5. The molecule has 5 nitrogen and oxygen atoms in total. The van der Waals surface area contributed by atoms with Crippen LogP contribution in [0.2, 0.25) is 5.02 Å². The van der Waals surface area contributed by atoms with Crippen LogP contribution in [0.25, 0.3) is 0 Å². The van der Waals surface area contributed by atoms with E-state index in [1.54, 1.807) is 25.1 Å². The van der Waals surface area contributed by atoms with Gasteiger partial charge in [-0.25, -0.2) is 8.78 Å². The Morgan fingerprint density at radius 2 is 1.90 bits per heavy atom. The average Bonchev–Trinajstić information content (AvgIpc) is 2.66. The number of amides is 1. The van der Waals surface area contributed by atoms with E-state index in [1.165, 1.54) is 18.3 Å². The van der Waals surface area contributed by atoms with Crippen LogP contribution < -0.4 is 10.1 Å². The molecule has 0 aliphatic carbocycles. The topological polar surface area (TPSA) is 68.3 Å². The van der Waals surface area contributed by atoms with Gasteiger partial charge in [0.25, 0.3) is 12.3 Å². The van der Waals surface area contributed by atoms with Gasteiger partial charge in [0.15, 0.2) is 0 Å². The molecular formula is C21H23ClF2N2O3. The monoisotopic (exact) mass is 424 g/mol. The van der Waals surface area contributed by atoms with Gasteiger partial charge in [0.05, 0.1) is 6.04 Å². The Hall–Kier alpha value is -2.54. The van der Waals surface area contributed by atoms with Crippen LogP contribution >= 0.6 is 11.6 Å². The van der Waals surface area contributed by atoms with Gasteiger partial charge in [0.1, 0.15) is 18.1 Å². The first-order valence-corrected chi connectivity index (χ1v) is 9.54. The fourth-order valence-corrected chi connectivity index (χ4v) is 2.90. The quantitative estimate of drug-likeness (QED) is 0.636. The number of ether oxygens (including phenoxy) is 1. The summed E-state index contributed by atoms with van der Waals surface area (Å²) in [6, 6.07) is 7.29. The van der Waals surface area contributed by atoms with Crippen LogP contribution in [0.5, 0.6) is 5.75 Å². The lowest BCUT2D eigenvalue weighted by molar-refractivity contribution is -0.121. The third-order valence-corrected chi connectivity index (χ3v) is 4.57. The number of aromatic nitrogens is 1. The van der Waals surface area contributed by atoms with Crippen molar-refractivity contribution in [3.05, 3.63) is 58.4 Å². The Bertz CT molecular complexity index is 875. The maximum atomic E-state index is 12.6. The first-order chi connectivity index (χ1) is 13.7. The first-order valence-electron chi connectivity index (χ1n) is 9.16. The van der Waals surface area contributed by atoms with E-state index >= 15 is 0 Å². The number of pyridine rings is 1. The highest BCUT2D eigenvalue weighted by molar-refractivity contribution is 6.31. The standard InChI is InChI=1S/C21H23ClF2N2O3/c1-12(2)19(27)9-15-8-14(6-7-25-15)21(28)26-13(3)17-5-4-16(10-18(17)22)29-11-20(23)24/h4-8,10,12-13,20H,9,11H2,1-3H3,(H,26,28). The van der Waals surface area contributed by atoms with Crippen molar-refractivity contribution >= 4 is 23.3 Å². The van der Waals surface area contributed by atoms with Crippen molar-refractivity contribution in [2.45, 2.75) is 39.7 Å². The zero-order valence-corrected chi connectivity index (χ0v) is 17.2. The highest BCUT2D eigenvalue weighted by Crippen LogP contribution is 2.27. The van der Waals surface area contributed by atoms with Gasteiger partial charge in [-0.3, -0.25) is 14.6 Å². The summed E-state index contributed by atoms with van der Waals surface area (Å²) >= 11 is 6.21. The molecule has 0 spiro atoms. The van der Waals surface area contributed by atoms with Gasteiger partial charge in [0.2, 0.25) is 0 Å². The first kappa shape index (κ1) is 22.7. The van der Waals surface area contributed by atoms with Crippen molar-refractivity contribution in [3.63, 3.8) is 0 Å². The molecule has 0 aliphatic heterocycles. The second-order valence-electron chi connectivity index (χ2n) is 6.91. The molecule has 2 aromatic rings. The molecule has 156 valence electrons. The highest BCUT2D eigenvalue weighted by Gasteiger charge is 2.16. The predicted molar refractivity (Wildman–Crippen MR) is 107 cm³/mol. The Labute approximate surface area is 173 Å². The Morgan fingerprint density at radius 1 is 1.17 bits per heavy atom. The second kappa shape index (κ2) is 10.3. The number of ketones is 1. The molecule has 0 saturated heterocycles. The van der Waals surface area contributed by atoms with Gasteiger partial charge in [-0.2, -0.15) is 0 Å². The third-order valence-electron chi connectivity index (χ3n) is 4.24. The van der Waals surface area contributed by atoms with Gasteiger partial charge >= 0.3 is 0 Å². The summed E-state index contributed by atoms with van der Waals surface area (Å²) in [4.78, 5) is 28.6. The zero-order valence-electron chi connectivity index (χ0n) is 16.4. The van der Waals surface area contributed by atoms with E-state index in [0.29, 0.717) is 21.8 Å². The molecule has 1 aromatic heterocycles. The van der Waals surface area contributed by atoms with E-state index < -0.39 is 19.1 Å². The zero-order chi connectivity index (χ0) is 21.6. The number of carbonyl (C=O) groups is 2. The minimum absolute atomic E-state index is 0.0457. The number of hydrogen-bond donors (Lipinski definition) is 1. The lowest BCUT2D eigenvalue weighted by Gasteiger charge is -2.17. The smallest absolute Gasteiger partial charge is 0.272 e. The fourth-order valence-electron chi connectivity index (χ4n) is 2.56. The number of halogens is 3. The number of nitrogens with zero attached hydrogens (tertiary/aromatic N) is 1. The SMILES string of the molecule is CC(C)C(=O)Cc1cc(C(=O)NC(C)c2ccc(OCC(F)F)cc2Cl)ccn1. The van der Waals surface area contributed by atoms with E-state index in [0.717, 1.165) is 0 Å². The lowest BCUT2D eigenvalue weighted by Crippen LogP contribution is -2.27. The summed E-state index contributed by atoms with van der Waals surface area (Å²) in [5.41, 5.74) is 1.53. The molecule has 0 fully saturated rings. The third kappa shape index (κ3) is 6.78. The summed E-state index contributed by atoms with van der Waals surface area (Å²) in [5.74, 6) is -0.174. The molecule has 0 saturated carbocycles. The number of alkyl halides is 2. The van der Waals surface area contributed by atoms with Crippen LogP contribution in [0.1, 0.15) is 48.4 Å². The van der Waals surface area contributed by atoms with Crippen LogP contribution in [0.15, 0.2) is 36.5 Å². The molecular weight excluding hydrogens is 402 g/mol. The molecule has 1 N–H and O–H groups in total. The molecule has 1 unspecified atom stereocenters. The van der Waals surface area contributed by atoms with E-state index in [2.05, 4.69) is 10.3 Å². The van der Waals surface area contributed by atoms with Crippen molar-refractivity contribution < 1.29 is 23.1 Å². The van der Waals surface area contributed by atoms with E-state index in [-0.39, 0.29) is 29.8 Å². The van der Waals surface area contributed by atoms with Crippen molar-refractivity contribution in [1.82, 2.24) is 10.3 Å². The second-order valence-corrected chi connectivity index (χ2v) is 7.32. The normalized spacial score (nSPS) is 12.1. The van der Waals surface area contributed by atoms with Crippen LogP contribution in [-0.4, -0.2) is 29.7 Å². The molecule has 1 atom stereocenters. The minimum atomic E-state index is -2.58. The minimum Gasteiger partial charge on any atom is -0.488 e. The summed E-state index contributed by atoms with van der Waals surface area (Å²) in [5, 5.41) is 3.12. The van der Waals surface area contributed by atoms with Crippen LogP contribution in [-0.2, 0) is 11.2 Å². The van der Waals surface area contributed by atoms with Crippen LogP contribution in [0, 0.1) is 5.92 Å². The Kier molecular flexibility index (Phi) is 8.08. The molecule has 0 aliphatic rings. The molecule has 1 amide bonds. The van der Waals surface area contributed by atoms with E-state index in [9.17, 15) is 18.4 Å². The number of Topliss-reactive ketones (excluding diaryl/α,β-unsaturated/α-hetero) is 1. The Morgan fingerprint density at radius 3 is 2.52 bits per heavy atom. The van der Waals surface area contributed by atoms with Crippen LogP contribution in [0.3, 0.4) is 0 Å². The van der Waals surface area contributed by atoms with Crippen molar-refractivity contribution in [1.29, 1.82) is 0 Å². The fraction of sp³-hybridized carbons (Fsp3) is 0.381. The van der Waals surface area contributed by atoms with E-state index in [4.69, 9.17) is 16.3 Å². The van der Waals surface area contributed by atoms with Gasteiger partial charge in [-0.1, -0.05) is 31.5 Å². The van der Waals surface area contributed by atoms with Gasteiger partial charge < -0.3 is 10.1 Å². The number of nitrogens with one attached hydrogen (secondary N) is 1. The van der Waals surface area contributed by atoms with Gasteiger partial charge in [-0.05, 0) is 36.8 Å². The molecule has 29 heavy (non-hydrogen) atoms. The predicted octanol–water partition coefficient (Wildman–Crippen LogP) is 4.64. The molecule has 8 heteroatoms.